The lowest BCUT2D eigenvalue weighted by molar-refractivity contribution is 0.523. The van der Waals surface area contributed by atoms with Crippen LogP contribution in [0.5, 0.6) is 0 Å². The molecule has 0 unspecified atom stereocenters. The van der Waals surface area contributed by atoms with E-state index in [1.165, 1.54) is 0 Å². The van der Waals surface area contributed by atoms with Crippen LogP contribution >= 0.6 is 15.9 Å². The molecule has 12 heavy (non-hydrogen) atoms. The van der Waals surface area contributed by atoms with Gasteiger partial charge in [0.05, 0.1) is 10.2 Å². The lowest BCUT2D eigenvalue weighted by Gasteiger charge is -2.04. The summed E-state index contributed by atoms with van der Waals surface area (Å²) in [6.07, 6.45) is 2.04. The molecule has 2 nitrogen and oxygen atoms in total. The zero-order chi connectivity index (χ0) is 9.30. The van der Waals surface area contributed by atoms with E-state index in [9.17, 15) is 0 Å². The first-order valence-corrected chi connectivity index (χ1v) is 5.06. The molecule has 0 aromatic carbocycles. The smallest absolute Gasteiger partial charge is 0.0792 e. The van der Waals surface area contributed by atoms with Gasteiger partial charge in [-0.05, 0) is 35.7 Å². The lowest BCUT2D eigenvalue weighted by Crippen LogP contribution is -2.02. The Hall–Kier alpha value is -0.310. The summed E-state index contributed by atoms with van der Waals surface area (Å²) < 4.78 is 3.10. The van der Waals surface area contributed by atoms with Crippen LogP contribution in [0.4, 0.5) is 0 Å². The molecule has 0 saturated heterocycles. The lowest BCUT2D eigenvalue weighted by atomic mass is 10.1. The summed E-state index contributed by atoms with van der Waals surface area (Å²) in [4.78, 5) is 0. The standard InChI is InChI=1S/C9H15BrN2/c1-6(2)9-8(10)5-12(11-9)7(3)4/h5-7H,1-4H3. The first-order chi connectivity index (χ1) is 5.52. The third-order valence-electron chi connectivity index (χ3n) is 1.79. The highest BCUT2D eigenvalue weighted by Gasteiger charge is 2.10. The van der Waals surface area contributed by atoms with Crippen molar-refractivity contribution in [2.24, 2.45) is 0 Å². The first-order valence-electron chi connectivity index (χ1n) is 4.27. The second-order valence-corrected chi connectivity index (χ2v) is 4.45. The van der Waals surface area contributed by atoms with Crippen LogP contribution in [0.2, 0.25) is 0 Å². The molecule has 1 rings (SSSR count). The molecule has 0 aliphatic rings. The van der Waals surface area contributed by atoms with Crippen molar-refractivity contribution in [1.82, 2.24) is 9.78 Å². The third-order valence-corrected chi connectivity index (χ3v) is 2.40. The monoisotopic (exact) mass is 230 g/mol. The minimum Gasteiger partial charge on any atom is -0.269 e. The Morgan fingerprint density at radius 1 is 1.33 bits per heavy atom. The summed E-state index contributed by atoms with van der Waals surface area (Å²) in [6.45, 7) is 8.56. The van der Waals surface area contributed by atoms with Gasteiger partial charge >= 0.3 is 0 Å². The van der Waals surface area contributed by atoms with Crippen LogP contribution in [0.3, 0.4) is 0 Å². The molecular formula is C9H15BrN2. The number of aromatic nitrogens is 2. The van der Waals surface area contributed by atoms with Crippen LogP contribution in [0.15, 0.2) is 10.7 Å². The Bertz CT molecular complexity index is 263. The van der Waals surface area contributed by atoms with Crippen LogP contribution in [0.1, 0.15) is 45.3 Å². The van der Waals surface area contributed by atoms with E-state index in [0.717, 1.165) is 10.2 Å². The zero-order valence-corrected chi connectivity index (χ0v) is 9.59. The fourth-order valence-corrected chi connectivity index (χ4v) is 1.79. The number of rotatable bonds is 2. The third kappa shape index (κ3) is 1.89. The molecule has 1 aromatic rings. The van der Waals surface area contributed by atoms with Gasteiger partial charge in [0.15, 0.2) is 0 Å². The summed E-state index contributed by atoms with van der Waals surface area (Å²) in [5.74, 6) is 0.486. The van der Waals surface area contributed by atoms with E-state index in [2.05, 4.69) is 48.7 Å². The summed E-state index contributed by atoms with van der Waals surface area (Å²) in [5.41, 5.74) is 1.14. The topological polar surface area (TPSA) is 17.8 Å². The fraction of sp³-hybridized carbons (Fsp3) is 0.667. The van der Waals surface area contributed by atoms with Crippen molar-refractivity contribution in [2.75, 3.05) is 0 Å². The average molecular weight is 231 g/mol. The van der Waals surface area contributed by atoms with Gasteiger partial charge < -0.3 is 0 Å². The Balaban J connectivity index is 3.00. The van der Waals surface area contributed by atoms with Gasteiger partial charge in [-0.15, -0.1) is 0 Å². The maximum atomic E-state index is 4.48. The minimum absolute atomic E-state index is 0.439. The molecule has 0 aliphatic carbocycles. The first kappa shape index (κ1) is 9.78. The SMILES string of the molecule is CC(C)c1nn(C(C)C)cc1Br. The molecule has 0 saturated carbocycles. The summed E-state index contributed by atoms with van der Waals surface area (Å²) in [5, 5.41) is 4.48. The van der Waals surface area contributed by atoms with Crippen molar-refractivity contribution in [2.45, 2.75) is 39.7 Å². The summed E-state index contributed by atoms with van der Waals surface area (Å²) >= 11 is 3.50. The molecule has 3 heteroatoms. The van der Waals surface area contributed by atoms with E-state index >= 15 is 0 Å². The number of hydrogen-bond donors (Lipinski definition) is 0. The maximum absolute atomic E-state index is 4.48. The molecule has 0 amide bonds. The number of halogens is 1. The van der Waals surface area contributed by atoms with E-state index in [0.29, 0.717) is 12.0 Å². The van der Waals surface area contributed by atoms with E-state index in [-0.39, 0.29) is 0 Å². The molecule has 1 aromatic heterocycles. The quantitative estimate of drug-likeness (QED) is 0.763. The van der Waals surface area contributed by atoms with Gasteiger partial charge in [0.25, 0.3) is 0 Å². The van der Waals surface area contributed by atoms with Crippen LogP contribution in [-0.4, -0.2) is 9.78 Å². The average Bonchev–Trinajstić information content (AvgIpc) is 2.30. The maximum Gasteiger partial charge on any atom is 0.0792 e. The largest absolute Gasteiger partial charge is 0.269 e. The highest BCUT2D eigenvalue weighted by molar-refractivity contribution is 9.10. The van der Waals surface area contributed by atoms with Gasteiger partial charge in [-0.3, -0.25) is 4.68 Å². The van der Waals surface area contributed by atoms with Crippen LogP contribution < -0.4 is 0 Å². The van der Waals surface area contributed by atoms with Crippen molar-refractivity contribution in [3.63, 3.8) is 0 Å². The van der Waals surface area contributed by atoms with Crippen LogP contribution in [0.25, 0.3) is 0 Å². The van der Waals surface area contributed by atoms with E-state index in [1.807, 2.05) is 10.9 Å². The molecule has 0 radical (unpaired) electrons. The Morgan fingerprint density at radius 2 is 1.92 bits per heavy atom. The van der Waals surface area contributed by atoms with Gasteiger partial charge in [0.2, 0.25) is 0 Å². The molecule has 1 heterocycles. The second-order valence-electron chi connectivity index (χ2n) is 3.59. The van der Waals surface area contributed by atoms with E-state index in [4.69, 9.17) is 0 Å². The molecular weight excluding hydrogens is 216 g/mol. The van der Waals surface area contributed by atoms with Crippen LogP contribution in [0, 0.1) is 0 Å². The Labute approximate surface area is 82.1 Å². The van der Waals surface area contributed by atoms with Crippen LogP contribution in [-0.2, 0) is 0 Å². The molecule has 68 valence electrons. The van der Waals surface area contributed by atoms with Gasteiger partial charge in [-0.2, -0.15) is 5.10 Å². The zero-order valence-electron chi connectivity index (χ0n) is 8.00. The molecule has 0 fully saturated rings. The molecule has 0 bridgehead atoms. The number of nitrogens with zero attached hydrogens (tertiary/aromatic N) is 2. The fourth-order valence-electron chi connectivity index (χ4n) is 1.04. The molecule has 0 N–H and O–H groups in total. The van der Waals surface area contributed by atoms with Gasteiger partial charge in [-0.25, -0.2) is 0 Å². The van der Waals surface area contributed by atoms with E-state index < -0.39 is 0 Å². The highest BCUT2D eigenvalue weighted by Crippen LogP contribution is 2.23. The number of hydrogen-bond acceptors (Lipinski definition) is 1. The Kier molecular flexibility index (Phi) is 2.94. The van der Waals surface area contributed by atoms with Crippen molar-refractivity contribution < 1.29 is 0 Å². The van der Waals surface area contributed by atoms with Gasteiger partial charge in [0, 0.05) is 12.2 Å². The van der Waals surface area contributed by atoms with Gasteiger partial charge in [0.1, 0.15) is 0 Å². The van der Waals surface area contributed by atoms with Crippen molar-refractivity contribution in [1.29, 1.82) is 0 Å². The molecule has 0 atom stereocenters. The van der Waals surface area contributed by atoms with Crippen molar-refractivity contribution in [3.8, 4) is 0 Å². The molecule has 0 aliphatic heterocycles. The molecule has 0 spiro atoms. The highest BCUT2D eigenvalue weighted by atomic mass is 79.9. The predicted molar refractivity (Wildman–Crippen MR) is 54.4 cm³/mol. The van der Waals surface area contributed by atoms with E-state index in [1.54, 1.807) is 0 Å². The summed E-state index contributed by atoms with van der Waals surface area (Å²) in [6, 6.07) is 0.439. The summed E-state index contributed by atoms with van der Waals surface area (Å²) in [7, 11) is 0. The Morgan fingerprint density at radius 3 is 2.17 bits per heavy atom. The van der Waals surface area contributed by atoms with Gasteiger partial charge in [-0.1, -0.05) is 13.8 Å². The second kappa shape index (κ2) is 3.60. The van der Waals surface area contributed by atoms with Crippen molar-refractivity contribution >= 4 is 15.9 Å². The predicted octanol–water partition coefficient (Wildman–Crippen LogP) is 3.35. The normalized spacial score (nSPS) is 11.6. The minimum atomic E-state index is 0.439. The van der Waals surface area contributed by atoms with Crippen molar-refractivity contribution in [3.05, 3.63) is 16.4 Å².